The highest BCUT2D eigenvalue weighted by molar-refractivity contribution is 5.97. The molecule has 0 spiro atoms. The Morgan fingerprint density at radius 3 is 2.81 bits per heavy atom. The molecular formula is C21H25N3O2. The van der Waals surface area contributed by atoms with Gasteiger partial charge in [0.2, 0.25) is 11.8 Å². The first-order valence-corrected chi connectivity index (χ1v) is 9.03. The van der Waals surface area contributed by atoms with E-state index in [0.717, 1.165) is 11.3 Å². The molecule has 0 fully saturated rings. The van der Waals surface area contributed by atoms with Gasteiger partial charge < -0.3 is 10.2 Å². The van der Waals surface area contributed by atoms with Crippen LogP contribution in [0.3, 0.4) is 0 Å². The molecule has 5 heteroatoms. The molecular weight excluding hydrogens is 326 g/mol. The molecule has 0 aliphatic carbocycles. The minimum atomic E-state index is -0.148. The van der Waals surface area contributed by atoms with Gasteiger partial charge in [0.1, 0.15) is 0 Å². The van der Waals surface area contributed by atoms with E-state index in [2.05, 4.69) is 30.2 Å². The van der Waals surface area contributed by atoms with Crippen LogP contribution in [0.1, 0.15) is 44.2 Å². The largest absolute Gasteiger partial charge is 0.352 e. The van der Waals surface area contributed by atoms with Gasteiger partial charge in [0.05, 0.1) is 0 Å². The predicted octanol–water partition coefficient (Wildman–Crippen LogP) is 3.19. The van der Waals surface area contributed by atoms with Gasteiger partial charge in [0, 0.05) is 49.4 Å². The normalized spacial score (nSPS) is 15.5. The van der Waals surface area contributed by atoms with E-state index in [1.165, 1.54) is 5.56 Å². The Morgan fingerprint density at radius 1 is 1.23 bits per heavy atom. The molecule has 2 amide bonds. The highest BCUT2D eigenvalue weighted by atomic mass is 16.2. The van der Waals surface area contributed by atoms with E-state index in [9.17, 15) is 9.59 Å². The first-order chi connectivity index (χ1) is 12.5. The van der Waals surface area contributed by atoms with E-state index >= 15 is 0 Å². The van der Waals surface area contributed by atoms with Gasteiger partial charge in [-0.15, -0.1) is 0 Å². The Kier molecular flexibility index (Phi) is 5.35. The Balaban J connectivity index is 1.54. The third-order valence-corrected chi connectivity index (χ3v) is 4.82. The number of amides is 2. The fourth-order valence-electron chi connectivity index (χ4n) is 3.42. The molecule has 1 aliphatic rings. The molecule has 26 heavy (non-hydrogen) atoms. The number of nitrogens with one attached hydrogen (secondary N) is 1. The number of fused-ring (bicyclic) bond motifs is 1. The van der Waals surface area contributed by atoms with E-state index < -0.39 is 0 Å². The van der Waals surface area contributed by atoms with Gasteiger partial charge in [-0.05, 0) is 29.7 Å². The Morgan fingerprint density at radius 2 is 2.04 bits per heavy atom. The Labute approximate surface area is 154 Å². The van der Waals surface area contributed by atoms with Crippen molar-refractivity contribution in [2.45, 2.75) is 45.1 Å². The van der Waals surface area contributed by atoms with E-state index in [1.807, 2.05) is 35.2 Å². The molecule has 5 nitrogen and oxygen atoms in total. The molecule has 2 aromatic rings. The topological polar surface area (TPSA) is 62.3 Å². The first kappa shape index (κ1) is 18.1. The molecule has 2 heterocycles. The molecule has 136 valence electrons. The summed E-state index contributed by atoms with van der Waals surface area (Å²) < 4.78 is 0. The van der Waals surface area contributed by atoms with Crippen LogP contribution in [-0.2, 0) is 21.5 Å². The van der Waals surface area contributed by atoms with Gasteiger partial charge in [0.25, 0.3) is 0 Å². The van der Waals surface area contributed by atoms with E-state index in [-0.39, 0.29) is 17.2 Å². The number of anilines is 1. The Hall–Kier alpha value is -2.69. The second-order valence-electron chi connectivity index (χ2n) is 7.36. The second-order valence-corrected chi connectivity index (χ2v) is 7.36. The molecule has 1 aliphatic heterocycles. The van der Waals surface area contributed by atoms with E-state index in [1.54, 1.807) is 12.4 Å². The van der Waals surface area contributed by atoms with Crippen LogP contribution < -0.4 is 10.2 Å². The highest BCUT2D eigenvalue weighted by Crippen LogP contribution is 2.39. The van der Waals surface area contributed by atoms with Crippen molar-refractivity contribution in [3.05, 3.63) is 59.9 Å². The molecule has 1 aromatic carbocycles. The zero-order valence-corrected chi connectivity index (χ0v) is 15.4. The summed E-state index contributed by atoms with van der Waals surface area (Å²) in [5.74, 6) is 0.122. The monoisotopic (exact) mass is 351 g/mol. The lowest BCUT2D eigenvalue weighted by Gasteiger charge is -2.38. The van der Waals surface area contributed by atoms with Gasteiger partial charge >= 0.3 is 0 Å². The van der Waals surface area contributed by atoms with Crippen LogP contribution in [-0.4, -0.2) is 23.3 Å². The van der Waals surface area contributed by atoms with Crippen molar-refractivity contribution >= 4 is 17.5 Å². The van der Waals surface area contributed by atoms with E-state index in [4.69, 9.17) is 0 Å². The van der Waals surface area contributed by atoms with Crippen LogP contribution in [0.4, 0.5) is 5.69 Å². The van der Waals surface area contributed by atoms with Crippen LogP contribution in [0.25, 0.3) is 0 Å². The van der Waals surface area contributed by atoms with Crippen molar-refractivity contribution in [2.24, 2.45) is 0 Å². The molecule has 0 saturated carbocycles. The number of benzene rings is 1. The van der Waals surface area contributed by atoms with Crippen molar-refractivity contribution in [1.82, 2.24) is 10.3 Å². The molecule has 0 bridgehead atoms. The first-order valence-electron chi connectivity index (χ1n) is 9.03. The number of para-hydroxylation sites is 1. The quantitative estimate of drug-likeness (QED) is 0.869. The van der Waals surface area contributed by atoms with Gasteiger partial charge in [-0.1, -0.05) is 38.1 Å². The third-order valence-electron chi connectivity index (χ3n) is 4.82. The fourth-order valence-corrected chi connectivity index (χ4v) is 3.42. The van der Waals surface area contributed by atoms with Gasteiger partial charge in [0.15, 0.2) is 0 Å². The highest BCUT2D eigenvalue weighted by Gasteiger charge is 2.35. The standard InChI is InChI=1S/C21H25N3O2/c1-21(2)13-20(26)24(18-9-4-3-8-17(18)21)12-6-10-19(25)23-15-16-7-5-11-22-14-16/h3-5,7-9,11,14H,6,10,12-13,15H2,1-2H3,(H,23,25). The molecule has 0 saturated heterocycles. The summed E-state index contributed by atoms with van der Waals surface area (Å²) in [6.45, 7) is 5.25. The summed E-state index contributed by atoms with van der Waals surface area (Å²) in [4.78, 5) is 30.5. The number of nitrogens with zero attached hydrogens (tertiary/aromatic N) is 2. The minimum Gasteiger partial charge on any atom is -0.352 e. The maximum absolute atomic E-state index is 12.6. The zero-order chi connectivity index (χ0) is 18.6. The van der Waals surface area contributed by atoms with Gasteiger partial charge in [-0.2, -0.15) is 0 Å². The van der Waals surface area contributed by atoms with Crippen molar-refractivity contribution in [1.29, 1.82) is 0 Å². The second kappa shape index (κ2) is 7.68. The predicted molar refractivity (Wildman–Crippen MR) is 102 cm³/mol. The van der Waals surface area contributed by atoms with Crippen LogP contribution in [0.2, 0.25) is 0 Å². The van der Waals surface area contributed by atoms with Crippen molar-refractivity contribution in [2.75, 3.05) is 11.4 Å². The maximum Gasteiger partial charge on any atom is 0.227 e. The fraction of sp³-hybridized carbons (Fsp3) is 0.381. The number of carbonyl (C=O) groups is 2. The summed E-state index contributed by atoms with van der Waals surface area (Å²) in [5, 5.41) is 2.90. The number of pyridine rings is 1. The van der Waals surface area contributed by atoms with Crippen LogP contribution >= 0.6 is 0 Å². The van der Waals surface area contributed by atoms with E-state index in [0.29, 0.717) is 32.4 Å². The lowest BCUT2D eigenvalue weighted by Crippen LogP contribution is -2.42. The van der Waals surface area contributed by atoms with Gasteiger partial charge in [-0.25, -0.2) is 0 Å². The van der Waals surface area contributed by atoms with Crippen molar-refractivity contribution in [3.8, 4) is 0 Å². The third kappa shape index (κ3) is 4.10. The molecule has 0 unspecified atom stereocenters. The number of carbonyl (C=O) groups excluding carboxylic acids is 2. The summed E-state index contributed by atoms with van der Waals surface area (Å²) >= 11 is 0. The zero-order valence-electron chi connectivity index (χ0n) is 15.4. The summed E-state index contributed by atoms with van der Waals surface area (Å²) in [7, 11) is 0. The average Bonchev–Trinajstić information content (AvgIpc) is 2.63. The van der Waals surface area contributed by atoms with Crippen LogP contribution in [0.15, 0.2) is 48.8 Å². The smallest absolute Gasteiger partial charge is 0.227 e. The minimum absolute atomic E-state index is 0.00748. The number of aromatic nitrogens is 1. The summed E-state index contributed by atoms with van der Waals surface area (Å²) in [5.41, 5.74) is 3.00. The number of hydrogen-bond acceptors (Lipinski definition) is 3. The van der Waals surface area contributed by atoms with Crippen molar-refractivity contribution in [3.63, 3.8) is 0 Å². The van der Waals surface area contributed by atoms with Gasteiger partial charge in [-0.3, -0.25) is 14.6 Å². The number of hydrogen-bond donors (Lipinski definition) is 1. The molecule has 1 N–H and O–H groups in total. The SMILES string of the molecule is CC1(C)CC(=O)N(CCCC(=O)NCc2cccnc2)c2ccccc21. The summed E-state index contributed by atoms with van der Waals surface area (Å²) in [6.07, 6.45) is 4.98. The van der Waals surface area contributed by atoms with Crippen LogP contribution in [0, 0.1) is 0 Å². The molecule has 0 radical (unpaired) electrons. The van der Waals surface area contributed by atoms with Crippen molar-refractivity contribution < 1.29 is 9.59 Å². The molecule has 0 atom stereocenters. The Bertz CT molecular complexity index is 787. The molecule has 1 aromatic heterocycles. The average molecular weight is 351 g/mol. The van der Waals surface area contributed by atoms with Crippen LogP contribution in [0.5, 0.6) is 0 Å². The maximum atomic E-state index is 12.6. The number of rotatable bonds is 6. The summed E-state index contributed by atoms with van der Waals surface area (Å²) in [6, 6.07) is 11.8. The molecule has 3 rings (SSSR count). The lowest BCUT2D eigenvalue weighted by molar-refractivity contribution is -0.122. The lowest BCUT2D eigenvalue weighted by atomic mass is 9.77.